The molecular formula is C23H18BrClN4O. The van der Waals surface area contributed by atoms with Gasteiger partial charge < -0.3 is 0 Å². The molecule has 0 saturated heterocycles. The maximum atomic E-state index is 13.0. The van der Waals surface area contributed by atoms with Crippen molar-refractivity contribution in [1.29, 1.82) is 5.26 Å². The Bertz CT molecular complexity index is 1360. The summed E-state index contributed by atoms with van der Waals surface area (Å²) in [6.45, 7) is 0. The molecule has 5 nitrogen and oxygen atoms in total. The molecule has 1 aliphatic rings. The van der Waals surface area contributed by atoms with Crippen LogP contribution in [0.1, 0.15) is 54.3 Å². The zero-order chi connectivity index (χ0) is 20.8. The van der Waals surface area contributed by atoms with E-state index in [1.165, 1.54) is 10.1 Å². The van der Waals surface area contributed by atoms with Gasteiger partial charge in [-0.3, -0.25) is 9.89 Å². The molecule has 1 aliphatic carbocycles. The molecule has 0 radical (unpaired) electrons. The highest BCUT2D eigenvalue weighted by molar-refractivity contribution is 9.10. The van der Waals surface area contributed by atoms with E-state index in [1.807, 2.05) is 18.2 Å². The van der Waals surface area contributed by atoms with Gasteiger partial charge in [-0.05, 0) is 67.5 Å². The zero-order valence-electron chi connectivity index (χ0n) is 16.0. The number of halogens is 2. The van der Waals surface area contributed by atoms with Crippen molar-refractivity contribution >= 4 is 44.1 Å². The van der Waals surface area contributed by atoms with E-state index < -0.39 is 0 Å². The first-order valence-electron chi connectivity index (χ1n) is 9.94. The second-order valence-electron chi connectivity index (χ2n) is 7.85. The van der Waals surface area contributed by atoms with Gasteiger partial charge in [0.15, 0.2) is 5.65 Å². The summed E-state index contributed by atoms with van der Waals surface area (Å²) in [6, 6.07) is 15.8. The molecule has 1 saturated carbocycles. The summed E-state index contributed by atoms with van der Waals surface area (Å²) >= 11 is 9.42. The molecule has 150 valence electrons. The Balaban J connectivity index is 1.51. The Hall–Kier alpha value is -2.62. The summed E-state index contributed by atoms with van der Waals surface area (Å²) in [5, 5.41) is 14.3. The van der Waals surface area contributed by atoms with Crippen LogP contribution >= 0.6 is 27.5 Å². The second-order valence-corrected chi connectivity index (χ2v) is 9.20. The third-order valence-electron chi connectivity index (χ3n) is 6.14. The lowest BCUT2D eigenvalue weighted by molar-refractivity contribution is 0.390. The van der Waals surface area contributed by atoms with Crippen LogP contribution in [-0.2, 0) is 0 Å². The Morgan fingerprint density at radius 1 is 1.10 bits per heavy atom. The lowest BCUT2D eigenvalue weighted by Crippen LogP contribution is -2.16. The van der Waals surface area contributed by atoms with Crippen molar-refractivity contribution < 1.29 is 0 Å². The number of aromatic amines is 1. The number of benzene rings is 2. The SMILES string of the molecule is N#Cc1c(C2CCC(c3ccc(Cl)cc3)CC2)[nH]n2c(=O)c3cc(Br)ccc3nc12. The molecule has 4 aromatic rings. The molecule has 2 heterocycles. The van der Waals surface area contributed by atoms with Crippen molar-refractivity contribution in [2.24, 2.45) is 0 Å². The number of rotatable bonds is 2. The largest absolute Gasteiger partial charge is 0.292 e. The van der Waals surface area contributed by atoms with Crippen LogP contribution in [0.25, 0.3) is 16.6 Å². The van der Waals surface area contributed by atoms with Gasteiger partial charge >= 0.3 is 0 Å². The minimum absolute atomic E-state index is 0.186. The molecule has 1 N–H and O–H groups in total. The van der Waals surface area contributed by atoms with Crippen molar-refractivity contribution in [3.05, 3.63) is 79.1 Å². The van der Waals surface area contributed by atoms with Crippen molar-refractivity contribution in [3.8, 4) is 6.07 Å². The molecule has 0 amide bonds. The van der Waals surface area contributed by atoms with Crippen LogP contribution in [0.2, 0.25) is 5.02 Å². The molecule has 0 spiro atoms. The van der Waals surface area contributed by atoms with Crippen LogP contribution < -0.4 is 5.56 Å². The Morgan fingerprint density at radius 2 is 1.80 bits per heavy atom. The molecular weight excluding hydrogens is 464 g/mol. The first-order chi connectivity index (χ1) is 14.5. The number of nitriles is 1. The molecule has 5 rings (SSSR count). The predicted octanol–water partition coefficient (Wildman–Crippen LogP) is 5.90. The molecule has 0 atom stereocenters. The van der Waals surface area contributed by atoms with E-state index in [1.54, 1.807) is 12.1 Å². The van der Waals surface area contributed by atoms with Crippen molar-refractivity contribution in [2.45, 2.75) is 37.5 Å². The van der Waals surface area contributed by atoms with E-state index >= 15 is 0 Å². The number of H-pyrrole nitrogens is 1. The first kappa shape index (κ1) is 19.3. The Labute approximate surface area is 186 Å². The predicted molar refractivity (Wildman–Crippen MR) is 121 cm³/mol. The average molecular weight is 482 g/mol. The molecule has 30 heavy (non-hydrogen) atoms. The number of fused-ring (bicyclic) bond motifs is 2. The van der Waals surface area contributed by atoms with E-state index in [9.17, 15) is 10.1 Å². The number of nitrogens with one attached hydrogen (secondary N) is 1. The summed E-state index contributed by atoms with van der Waals surface area (Å²) in [7, 11) is 0. The van der Waals surface area contributed by atoms with Crippen LogP contribution in [0.3, 0.4) is 0 Å². The van der Waals surface area contributed by atoms with Crippen molar-refractivity contribution in [1.82, 2.24) is 14.6 Å². The monoisotopic (exact) mass is 480 g/mol. The highest BCUT2D eigenvalue weighted by atomic mass is 79.9. The fourth-order valence-corrected chi connectivity index (χ4v) is 5.07. The Morgan fingerprint density at radius 3 is 2.50 bits per heavy atom. The second kappa shape index (κ2) is 7.57. The highest BCUT2D eigenvalue weighted by Crippen LogP contribution is 2.41. The molecule has 1 fully saturated rings. The number of aromatic nitrogens is 3. The third kappa shape index (κ3) is 3.23. The van der Waals surface area contributed by atoms with Crippen LogP contribution in [0.5, 0.6) is 0 Å². The van der Waals surface area contributed by atoms with Crippen LogP contribution in [0, 0.1) is 11.3 Å². The van der Waals surface area contributed by atoms with Gasteiger partial charge in [-0.2, -0.15) is 9.78 Å². The smallest absolute Gasteiger partial charge is 0.280 e. The van der Waals surface area contributed by atoms with Gasteiger partial charge in [-0.1, -0.05) is 39.7 Å². The fraction of sp³-hybridized carbons (Fsp3) is 0.261. The lowest BCUT2D eigenvalue weighted by atomic mass is 9.77. The van der Waals surface area contributed by atoms with Gasteiger partial charge in [-0.15, -0.1) is 0 Å². The van der Waals surface area contributed by atoms with Gasteiger partial charge in [-0.25, -0.2) is 4.98 Å². The van der Waals surface area contributed by atoms with Gasteiger partial charge in [0, 0.05) is 15.4 Å². The number of hydrogen-bond acceptors (Lipinski definition) is 3. The van der Waals surface area contributed by atoms with E-state index in [0.29, 0.717) is 28.0 Å². The molecule has 0 unspecified atom stereocenters. The van der Waals surface area contributed by atoms with Gasteiger partial charge in [0.1, 0.15) is 11.6 Å². The van der Waals surface area contributed by atoms with Gasteiger partial charge in [0.25, 0.3) is 5.56 Å². The van der Waals surface area contributed by atoms with Gasteiger partial charge in [0.2, 0.25) is 0 Å². The minimum Gasteiger partial charge on any atom is -0.292 e. The fourth-order valence-electron chi connectivity index (χ4n) is 4.58. The maximum absolute atomic E-state index is 13.0. The summed E-state index contributed by atoms with van der Waals surface area (Å²) in [5.41, 5.74) is 3.43. The molecule has 7 heteroatoms. The maximum Gasteiger partial charge on any atom is 0.280 e. The van der Waals surface area contributed by atoms with E-state index in [-0.39, 0.29) is 11.5 Å². The average Bonchev–Trinajstić information content (AvgIpc) is 3.14. The minimum atomic E-state index is -0.186. The first-order valence-corrected chi connectivity index (χ1v) is 11.1. The quantitative estimate of drug-likeness (QED) is 0.387. The van der Waals surface area contributed by atoms with Crippen molar-refractivity contribution in [2.75, 3.05) is 0 Å². The molecule has 0 bridgehead atoms. The molecule has 2 aromatic heterocycles. The summed E-state index contributed by atoms with van der Waals surface area (Å²) < 4.78 is 2.25. The van der Waals surface area contributed by atoms with Crippen LogP contribution in [-0.4, -0.2) is 14.6 Å². The highest BCUT2D eigenvalue weighted by Gasteiger charge is 2.28. The topological polar surface area (TPSA) is 73.9 Å². The summed E-state index contributed by atoms with van der Waals surface area (Å²) in [4.78, 5) is 17.6. The normalized spacial score (nSPS) is 19.2. The number of hydrogen-bond donors (Lipinski definition) is 1. The number of nitrogens with zero attached hydrogens (tertiary/aromatic N) is 3. The van der Waals surface area contributed by atoms with E-state index in [0.717, 1.165) is 40.9 Å². The Kier molecular flexibility index (Phi) is 4.88. The van der Waals surface area contributed by atoms with E-state index in [4.69, 9.17) is 11.6 Å². The summed E-state index contributed by atoms with van der Waals surface area (Å²) in [6.07, 6.45) is 3.97. The van der Waals surface area contributed by atoms with Crippen LogP contribution in [0.15, 0.2) is 51.7 Å². The standard InChI is InChI=1S/C23H18BrClN4O/c24-16-7-10-20-18(11-16)23(30)29-22(27-20)19(12-26)21(28-29)15-3-1-13(2-4-15)14-5-8-17(25)9-6-14/h5-11,13,15,28H,1-4H2. The third-order valence-corrected chi connectivity index (χ3v) is 6.89. The zero-order valence-corrected chi connectivity index (χ0v) is 18.4. The van der Waals surface area contributed by atoms with Crippen molar-refractivity contribution in [3.63, 3.8) is 0 Å². The molecule has 2 aromatic carbocycles. The van der Waals surface area contributed by atoms with Gasteiger partial charge in [0.05, 0.1) is 16.6 Å². The van der Waals surface area contributed by atoms with E-state index in [2.05, 4.69) is 44.2 Å². The summed E-state index contributed by atoms with van der Waals surface area (Å²) in [5.74, 6) is 0.702. The molecule has 0 aliphatic heterocycles. The lowest BCUT2D eigenvalue weighted by Gasteiger charge is -2.28. The van der Waals surface area contributed by atoms with Crippen LogP contribution in [0.4, 0.5) is 0 Å².